The van der Waals surface area contributed by atoms with Crippen molar-refractivity contribution in [1.82, 2.24) is 5.32 Å². The molecular formula is C23H30N2O6. The minimum Gasteiger partial charge on any atom is -0.482 e. The van der Waals surface area contributed by atoms with Gasteiger partial charge in [-0.05, 0) is 57.7 Å². The molecular weight excluding hydrogens is 400 g/mol. The van der Waals surface area contributed by atoms with Crippen LogP contribution in [0.3, 0.4) is 0 Å². The maximum Gasteiger partial charge on any atom is 0.408 e. The van der Waals surface area contributed by atoms with Crippen LogP contribution in [0.15, 0.2) is 48.5 Å². The Morgan fingerprint density at radius 2 is 1.77 bits per heavy atom. The Kier molecular flexibility index (Phi) is 7.99. The van der Waals surface area contributed by atoms with Gasteiger partial charge in [-0.15, -0.1) is 0 Å². The number of nitro groups is 1. The maximum atomic E-state index is 12.1. The van der Waals surface area contributed by atoms with Crippen LogP contribution in [0.4, 0.5) is 10.5 Å². The van der Waals surface area contributed by atoms with E-state index in [2.05, 4.69) is 5.32 Å². The van der Waals surface area contributed by atoms with E-state index in [1.54, 1.807) is 39.8 Å². The van der Waals surface area contributed by atoms with Crippen molar-refractivity contribution in [2.75, 3.05) is 6.61 Å². The SMILES string of the molecule is CC(C)(C)OC(=O)N[C@@](C)(CO)CCc1ccc(OCc2ccccc2)c([N+](=O)[O-])c1. The molecule has 8 heteroatoms. The Bertz CT molecular complexity index is 895. The predicted octanol–water partition coefficient (Wildman–Crippen LogP) is 4.38. The molecule has 1 atom stereocenters. The molecule has 2 aromatic carbocycles. The van der Waals surface area contributed by atoms with Crippen LogP contribution in [0.2, 0.25) is 0 Å². The highest BCUT2D eigenvalue weighted by atomic mass is 16.6. The maximum absolute atomic E-state index is 12.1. The molecule has 2 rings (SSSR count). The van der Waals surface area contributed by atoms with Gasteiger partial charge in [0.25, 0.3) is 0 Å². The van der Waals surface area contributed by atoms with Gasteiger partial charge < -0.3 is 19.9 Å². The zero-order chi connectivity index (χ0) is 23.1. The monoisotopic (exact) mass is 430 g/mol. The molecule has 0 unspecified atom stereocenters. The number of ether oxygens (including phenoxy) is 2. The summed E-state index contributed by atoms with van der Waals surface area (Å²) in [6.45, 7) is 6.88. The van der Waals surface area contributed by atoms with Gasteiger partial charge in [-0.2, -0.15) is 0 Å². The minimum atomic E-state index is -0.931. The molecule has 0 saturated carbocycles. The molecule has 0 spiro atoms. The first-order chi connectivity index (χ1) is 14.5. The van der Waals surface area contributed by atoms with Crippen LogP contribution in [0.1, 0.15) is 45.2 Å². The quantitative estimate of drug-likeness (QED) is 0.451. The van der Waals surface area contributed by atoms with Crippen molar-refractivity contribution in [2.45, 2.75) is 58.3 Å². The number of hydrogen-bond donors (Lipinski definition) is 2. The van der Waals surface area contributed by atoms with E-state index in [9.17, 15) is 20.0 Å². The van der Waals surface area contributed by atoms with Gasteiger partial charge in [-0.3, -0.25) is 10.1 Å². The van der Waals surface area contributed by atoms with Gasteiger partial charge in [0, 0.05) is 6.07 Å². The number of hydrogen-bond acceptors (Lipinski definition) is 6. The fraction of sp³-hybridized carbons (Fsp3) is 0.435. The number of carbonyl (C=O) groups excluding carboxylic acids is 1. The Morgan fingerprint density at radius 1 is 1.10 bits per heavy atom. The highest BCUT2D eigenvalue weighted by Crippen LogP contribution is 2.30. The largest absolute Gasteiger partial charge is 0.482 e. The van der Waals surface area contributed by atoms with Crippen molar-refractivity contribution in [1.29, 1.82) is 0 Å². The van der Waals surface area contributed by atoms with Crippen LogP contribution in [0.5, 0.6) is 5.75 Å². The standard InChI is InChI=1S/C23H30N2O6/c1-22(2,3)31-21(27)24-23(4,16-26)13-12-17-10-11-20(19(14-17)25(28)29)30-15-18-8-6-5-7-9-18/h5-11,14,26H,12-13,15-16H2,1-4H3,(H,24,27)/t23-/m1/s1. The first-order valence-corrected chi connectivity index (χ1v) is 10.1. The Balaban J connectivity index is 2.06. The first kappa shape index (κ1) is 24.1. The summed E-state index contributed by atoms with van der Waals surface area (Å²) in [5.74, 6) is 0.189. The zero-order valence-corrected chi connectivity index (χ0v) is 18.4. The lowest BCUT2D eigenvalue weighted by Gasteiger charge is -2.30. The number of alkyl carbamates (subject to hydrolysis) is 1. The first-order valence-electron chi connectivity index (χ1n) is 10.1. The van der Waals surface area contributed by atoms with Crippen LogP contribution in [0.25, 0.3) is 0 Å². The number of amides is 1. The van der Waals surface area contributed by atoms with E-state index in [0.717, 1.165) is 5.56 Å². The molecule has 2 aromatic rings. The Hall–Kier alpha value is -3.13. The summed E-state index contributed by atoms with van der Waals surface area (Å²) < 4.78 is 10.9. The van der Waals surface area contributed by atoms with Crippen molar-refractivity contribution in [3.05, 3.63) is 69.8 Å². The van der Waals surface area contributed by atoms with Gasteiger partial charge in [0.2, 0.25) is 0 Å². The number of nitrogens with zero attached hydrogens (tertiary/aromatic N) is 1. The number of nitrogens with one attached hydrogen (secondary N) is 1. The smallest absolute Gasteiger partial charge is 0.408 e. The lowest BCUT2D eigenvalue weighted by Crippen LogP contribution is -2.50. The third-order valence-corrected chi connectivity index (χ3v) is 4.57. The fourth-order valence-corrected chi connectivity index (χ4v) is 2.87. The van der Waals surface area contributed by atoms with Crippen LogP contribution < -0.4 is 10.1 Å². The summed E-state index contributed by atoms with van der Waals surface area (Å²) in [6.07, 6.45) is 0.149. The van der Waals surface area contributed by atoms with Crippen LogP contribution in [-0.4, -0.2) is 33.9 Å². The molecule has 1 amide bonds. The number of nitro benzene ring substituents is 1. The van der Waals surface area contributed by atoms with Gasteiger partial charge in [-0.1, -0.05) is 36.4 Å². The highest BCUT2D eigenvalue weighted by molar-refractivity contribution is 5.68. The summed E-state index contributed by atoms with van der Waals surface area (Å²) in [6, 6.07) is 14.2. The predicted molar refractivity (Wildman–Crippen MR) is 117 cm³/mol. The van der Waals surface area contributed by atoms with Crippen molar-refractivity contribution in [3.8, 4) is 5.75 Å². The minimum absolute atomic E-state index is 0.126. The molecule has 0 saturated heterocycles. The Morgan fingerprint density at radius 3 is 2.35 bits per heavy atom. The summed E-state index contributed by atoms with van der Waals surface area (Å²) in [5, 5.41) is 24.0. The van der Waals surface area contributed by atoms with E-state index < -0.39 is 22.2 Å². The molecule has 0 radical (unpaired) electrons. The number of benzene rings is 2. The fourth-order valence-electron chi connectivity index (χ4n) is 2.87. The van der Waals surface area contributed by atoms with Crippen LogP contribution in [-0.2, 0) is 17.8 Å². The number of carbonyl (C=O) groups is 1. The van der Waals surface area contributed by atoms with E-state index in [1.165, 1.54) is 6.07 Å². The molecule has 8 nitrogen and oxygen atoms in total. The number of rotatable bonds is 9. The third-order valence-electron chi connectivity index (χ3n) is 4.57. The highest BCUT2D eigenvalue weighted by Gasteiger charge is 2.28. The van der Waals surface area contributed by atoms with E-state index in [-0.39, 0.29) is 24.7 Å². The van der Waals surface area contributed by atoms with Gasteiger partial charge >= 0.3 is 11.8 Å². The summed E-state index contributed by atoms with van der Waals surface area (Å²) in [4.78, 5) is 23.1. The molecule has 0 aliphatic carbocycles. The molecule has 2 N–H and O–H groups in total. The average molecular weight is 431 g/mol. The summed E-state index contributed by atoms with van der Waals surface area (Å²) >= 11 is 0. The second kappa shape index (κ2) is 10.3. The Labute approximate surface area is 182 Å². The lowest BCUT2D eigenvalue weighted by atomic mass is 9.94. The number of aliphatic hydroxyl groups is 1. The molecule has 0 aliphatic rings. The van der Waals surface area contributed by atoms with Crippen molar-refractivity contribution < 1.29 is 24.3 Å². The molecule has 31 heavy (non-hydrogen) atoms. The molecule has 0 fully saturated rings. The summed E-state index contributed by atoms with van der Waals surface area (Å²) in [7, 11) is 0. The van der Waals surface area contributed by atoms with Gasteiger partial charge in [0.15, 0.2) is 5.75 Å². The van der Waals surface area contributed by atoms with Gasteiger partial charge in [0.05, 0.1) is 17.1 Å². The molecule has 0 bridgehead atoms. The average Bonchev–Trinajstić information content (AvgIpc) is 2.70. The zero-order valence-electron chi connectivity index (χ0n) is 18.4. The summed E-state index contributed by atoms with van der Waals surface area (Å²) in [5.41, 5.74) is -0.104. The third kappa shape index (κ3) is 7.90. The number of aliphatic hydroxyl groups excluding tert-OH is 1. The molecule has 0 heterocycles. The van der Waals surface area contributed by atoms with Crippen molar-refractivity contribution >= 4 is 11.8 Å². The van der Waals surface area contributed by atoms with Crippen molar-refractivity contribution in [2.24, 2.45) is 0 Å². The molecule has 168 valence electrons. The van der Waals surface area contributed by atoms with Crippen LogP contribution in [0, 0.1) is 10.1 Å². The number of aryl methyl sites for hydroxylation is 1. The van der Waals surface area contributed by atoms with E-state index in [1.807, 2.05) is 30.3 Å². The van der Waals surface area contributed by atoms with Gasteiger partial charge in [-0.25, -0.2) is 4.79 Å². The van der Waals surface area contributed by atoms with E-state index in [0.29, 0.717) is 18.4 Å². The normalized spacial score (nSPS) is 13.2. The second-order valence-corrected chi connectivity index (χ2v) is 8.68. The van der Waals surface area contributed by atoms with E-state index in [4.69, 9.17) is 9.47 Å². The molecule has 0 aromatic heterocycles. The second-order valence-electron chi connectivity index (χ2n) is 8.68. The van der Waals surface area contributed by atoms with Crippen LogP contribution >= 0.6 is 0 Å². The van der Waals surface area contributed by atoms with Gasteiger partial charge in [0.1, 0.15) is 12.2 Å². The lowest BCUT2D eigenvalue weighted by molar-refractivity contribution is -0.386. The topological polar surface area (TPSA) is 111 Å². The molecule has 0 aliphatic heterocycles. The van der Waals surface area contributed by atoms with Crippen molar-refractivity contribution in [3.63, 3.8) is 0 Å². The van der Waals surface area contributed by atoms with E-state index >= 15 is 0 Å².